The van der Waals surface area contributed by atoms with Crippen LogP contribution in [0.3, 0.4) is 0 Å². The van der Waals surface area contributed by atoms with E-state index < -0.39 is 0 Å². The summed E-state index contributed by atoms with van der Waals surface area (Å²) < 4.78 is 1.15. The predicted molar refractivity (Wildman–Crippen MR) is 51.6 cm³/mol. The quantitative estimate of drug-likeness (QED) is 0.552. The van der Waals surface area contributed by atoms with E-state index in [9.17, 15) is 0 Å². The van der Waals surface area contributed by atoms with Gasteiger partial charge in [0.05, 0.1) is 26.2 Å². The van der Waals surface area contributed by atoms with Crippen LogP contribution in [-0.2, 0) is 0 Å². The summed E-state index contributed by atoms with van der Waals surface area (Å²) in [5, 5.41) is 0. The molecule has 0 aromatic rings. The summed E-state index contributed by atoms with van der Waals surface area (Å²) in [6, 6.07) is 1.52. The minimum absolute atomic E-state index is 0.733. The summed E-state index contributed by atoms with van der Waals surface area (Å²) in [6.45, 7) is 9.21. The van der Waals surface area contributed by atoms with Crippen molar-refractivity contribution in [3.05, 3.63) is 0 Å². The van der Waals surface area contributed by atoms with Crippen LogP contribution in [0.1, 0.15) is 40.5 Å². The van der Waals surface area contributed by atoms with E-state index in [1.807, 2.05) is 0 Å². The first kappa shape index (κ1) is 11.0. The number of hydrogen-bond acceptors (Lipinski definition) is 0. The summed E-state index contributed by atoms with van der Waals surface area (Å²) in [6.07, 6.45) is 2.64. The van der Waals surface area contributed by atoms with E-state index in [4.69, 9.17) is 0 Å². The van der Waals surface area contributed by atoms with Gasteiger partial charge in [-0.05, 0) is 27.2 Å². The van der Waals surface area contributed by atoms with Crippen molar-refractivity contribution in [2.45, 2.75) is 52.6 Å². The van der Waals surface area contributed by atoms with Gasteiger partial charge in [0.15, 0.2) is 0 Å². The van der Waals surface area contributed by atoms with Crippen LogP contribution in [0.5, 0.6) is 0 Å². The highest BCUT2D eigenvalue weighted by atomic mass is 15.3. The van der Waals surface area contributed by atoms with Crippen molar-refractivity contribution in [2.75, 3.05) is 14.1 Å². The molecule has 0 aliphatic carbocycles. The largest absolute Gasteiger partial charge is 0.324 e. The lowest BCUT2D eigenvalue weighted by molar-refractivity contribution is -0.933. The molecule has 11 heavy (non-hydrogen) atoms. The normalized spacial score (nSPS) is 15.5. The van der Waals surface area contributed by atoms with Crippen molar-refractivity contribution in [3.8, 4) is 0 Å². The van der Waals surface area contributed by atoms with Crippen LogP contribution in [-0.4, -0.2) is 30.7 Å². The maximum atomic E-state index is 2.35. The Morgan fingerprint density at radius 3 is 1.82 bits per heavy atom. The lowest BCUT2D eigenvalue weighted by Gasteiger charge is -2.40. The highest BCUT2D eigenvalue weighted by molar-refractivity contribution is 4.52. The van der Waals surface area contributed by atoms with Crippen molar-refractivity contribution in [2.24, 2.45) is 0 Å². The van der Waals surface area contributed by atoms with Crippen molar-refractivity contribution in [1.82, 2.24) is 0 Å². The first-order valence-electron chi connectivity index (χ1n) is 4.76. The van der Waals surface area contributed by atoms with Crippen LogP contribution in [0.15, 0.2) is 0 Å². The first-order chi connectivity index (χ1) is 4.92. The van der Waals surface area contributed by atoms with Gasteiger partial charge in [-0.2, -0.15) is 0 Å². The van der Waals surface area contributed by atoms with Gasteiger partial charge in [-0.3, -0.25) is 0 Å². The average molecular weight is 158 g/mol. The maximum absolute atomic E-state index is 2.35. The molecule has 0 heterocycles. The Bertz CT molecular complexity index is 105. The highest BCUT2D eigenvalue weighted by Crippen LogP contribution is 2.16. The first-order valence-corrected chi connectivity index (χ1v) is 4.76. The summed E-state index contributed by atoms with van der Waals surface area (Å²) in [5.41, 5.74) is 0. The van der Waals surface area contributed by atoms with Crippen molar-refractivity contribution in [1.29, 1.82) is 0 Å². The number of hydrogen-bond donors (Lipinski definition) is 0. The Morgan fingerprint density at radius 2 is 1.55 bits per heavy atom. The smallest absolute Gasteiger partial charge is 0.0859 e. The molecule has 0 radical (unpaired) electrons. The Balaban J connectivity index is 4.05. The van der Waals surface area contributed by atoms with Gasteiger partial charge in [-0.1, -0.05) is 13.3 Å². The standard InChI is InChI=1S/C10H24N/c1-7-8-10(4)11(5,6)9(2)3/h9-10H,7-8H2,1-6H3/q+1. The van der Waals surface area contributed by atoms with E-state index in [0.717, 1.165) is 16.6 Å². The second-order valence-corrected chi connectivity index (χ2v) is 4.36. The van der Waals surface area contributed by atoms with Gasteiger partial charge in [0.2, 0.25) is 0 Å². The molecule has 0 N–H and O–H groups in total. The topological polar surface area (TPSA) is 0 Å². The lowest BCUT2D eigenvalue weighted by Crippen LogP contribution is -2.52. The molecule has 0 rings (SSSR count). The van der Waals surface area contributed by atoms with Gasteiger partial charge in [-0.15, -0.1) is 0 Å². The van der Waals surface area contributed by atoms with Gasteiger partial charge >= 0.3 is 0 Å². The molecule has 1 unspecified atom stereocenters. The van der Waals surface area contributed by atoms with Crippen LogP contribution in [0.2, 0.25) is 0 Å². The second kappa shape index (κ2) is 4.10. The molecule has 0 saturated heterocycles. The van der Waals surface area contributed by atoms with Crippen molar-refractivity contribution in [3.63, 3.8) is 0 Å². The Labute approximate surface area is 72.0 Å². The number of nitrogens with zero attached hydrogens (tertiary/aromatic N) is 1. The Kier molecular flexibility index (Phi) is 4.09. The van der Waals surface area contributed by atoms with E-state index in [0.29, 0.717) is 0 Å². The van der Waals surface area contributed by atoms with Crippen LogP contribution >= 0.6 is 0 Å². The third-order valence-corrected chi connectivity index (χ3v) is 3.17. The third kappa shape index (κ3) is 2.82. The molecule has 0 aromatic heterocycles. The molecule has 0 aromatic carbocycles. The average Bonchev–Trinajstić information content (AvgIpc) is 1.88. The van der Waals surface area contributed by atoms with E-state index in [2.05, 4.69) is 41.8 Å². The SMILES string of the molecule is CCCC(C)[N+](C)(C)C(C)C. The van der Waals surface area contributed by atoms with Crippen LogP contribution in [0.4, 0.5) is 0 Å². The van der Waals surface area contributed by atoms with Gasteiger partial charge < -0.3 is 4.48 Å². The van der Waals surface area contributed by atoms with Gasteiger partial charge in [0.1, 0.15) is 0 Å². The second-order valence-electron chi connectivity index (χ2n) is 4.36. The number of quaternary nitrogens is 1. The molecule has 0 aliphatic rings. The summed E-state index contributed by atoms with van der Waals surface area (Å²) >= 11 is 0. The zero-order valence-electron chi connectivity index (χ0n) is 9.02. The molecule has 0 bridgehead atoms. The van der Waals surface area contributed by atoms with Gasteiger partial charge in [-0.25, -0.2) is 0 Å². The molecule has 1 nitrogen and oxygen atoms in total. The molecule has 0 amide bonds. The minimum Gasteiger partial charge on any atom is -0.324 e. The summed E-state index contributed by atoms with van der Waals surface area (Å²) in [4.78, 5) is 0. The number of rotatable bonds is 4. The Hall–Kier alpha value is -0.0400. The zero-order valence-corrected chi connectivity index (χ0v) is 9.02. The molecule has 0 saturated carbocycles. The van der Waals surface area contributed by atoms with E-state index >= 15 is 0 Å². The monoisotopic (exact) mass is 158 g/mol. The highest BCUT2D eigenvalue weighted by Gasteiger charge is 2.26. The summed E-state index contributed by atoms with van der Waals surface area (Å²) in [5.74, 6) is 0. The molecular formula is C10H24N+. The van der Waals surface area contributed by atoms with E-state index in [1.165, 1.54) is 12.8 Å². The Morgan fingerprint density at radius 1 is 1.09 bits per heavy atom. The van der Waals surface area contributed by atoms with Gasteiger partial charge in [0, 0.05) is 0 Å². The molecular weight excluding hydrogens is 134 g/mol. The fraction of sp³-hybridized carbons (Fsp3) is 1.00. The summed E-state index contributed by atoms with van der Waals surface area (Å²) in [7, 11) is 4.65. The van der Waals surface area contributed by atoms with Gasteiger partial charge in [0.25, 0.3) is 0 Å². The lowest BCUT2D eigenvalue weighted by atomic mass is 10.1. The fourth-order valence-electron chi connectivity index (χ4n) is 1.26. The van der Waals surface area contributed by atoms with Crippen molar-refractivity contribution >= 4 is 0 Å². The predicted octanol–water partition coefficient (Wildman–Crippen LogP) is 2.66. The molecule has 68 valence electrons. The molecule has 0 fully saturated rings. The van der Waals surface area contributed by atoms with E-state index in [-0.39, 0.29) is 0 Å². The van der Waals surface area contributed by atoms with Crippen LogP contribution in [0.25, 0.3) is 0 Å². The molecule has 0 spiro atoms. The molecule has 1 atom stereocenters. The molecule has 1 heteroatoms. The third-order valence-electron chi connectivity index (χ3n) is 3.17. The van der Waals surface area contributed by atoms with E-state index in [1.54, 1.807) is 0 Å². The van der Waals surface area contributed by atoms with Crippen LogP contribution in [0, 0.1) is 0 Å². The molecule has 0 aliphatic heterocycles. The fourth-order valence-corrected chi connectivity index (χ4v) is 1.26. The zero-order chi connectivity index (χ0) is 9.07. The van der Waals surface area contributed by atoms with Crippen LogP contribution < -0.4 is 0 Å². The maximum Gasteiger partial charge on any atom is 0.0859 e. The minimum atomic E-state index is 0.733. The van der Waals surface area contributed by atoms with Crippen molar-refractivity contribution < 1.29 is 4.48 Å².